The van der Waals surface area contributed by atoms with E-state index in [9.17, 15) is 4.39 Å². The first kappa shape index (κ1) is 19.7. The lowest BCUT2D eigenvalue weighted by molar-refractivity contribution is 0.413. The van der Waals surface area contributed by atoms with Crippen LogP contribution in [-0.4, -0.2) is 12.6 Å². The third kappa shape index (κ3) is 3.18. The summed E-state index contributed by atoms with van der Waals surface area (Å²) in [6, 6.07) is 17.7. The van der Waals surface area contributed by atoms with Crippen LogP contribution in [0.25, 0.3) is 16.8 Å². The topological polar surface area (TPSA) is 24.5 Å². The average molecular weight is 415 g/mol. The van der Waals surface area contributed by atoms with Gasteiger partial charge < -0.3 is 15.0 Å². The molecule has 3 aromatic rings. The largest absolute Gasteiger partial charge is 0.496 e. The van der Waals surface area contributed by atoms with E-state index in [1.165, 1.54) is 40.2 Å². The molecule has 5 rings (SSSR count). The predicted octanol–water partition coefficient (Wildman–Crippen LogP) is 6.63. The lowest BCUT2D eigenvalue weighted by atomic mass is 9.89. The molecule has 4 heteroatoms. The van der Waals surface area contributed by atoms with Crippen LogP contribution >= 0.6 is 0 Å². The molecule has 0 spiro atoms. The van der Waals surface area contributed by atoms with Crippen molar-refractivity contribution >= 4 is 17.1 Å². The van der Waals surface area contributed by atoms with Crippen LogP contribution in [0.3, 0.4) is 0 Å². The molecule has 0 amide bonds. The summed E-state index contributed by atoms with van der Waals surface area (Å²) in [4.78, 5) is 2.43. The Hall–Kier alpha value is -3.27. The second kappa shape index (κ2) is 7.16. The summed E-state index contributed by atoms with van der Waals surface area (Å²) in [6.07, 6.45) is 3.30. The van der Waals surface area contributed by atoms with Gasteiger partial charge in [-0.1, -0.05) is 31.2 Å². The minimum Gasteiger partial charge on any atom is -0.496 e. The van der Waals surface area contributed by atoms with E-state index in [0.29, 0.717) is 5.75 Å². The van der Waals surface area contributed by atoms with E-state index in [1.54, 1.807) is 7.11 Å². The summed E-state index contributed by atoms with van der Waals surface area (Å²) >= 11 is 0. The molecule has 0 aliphatic carbocycles. The highest BCUT2D eigenvalue weighted by Gasteiger charge is 2.36. The Kier molecular flexibility index (Phi) is 4.54. The van der Waals surface area contributed by atoms with Crippen LogP contribution in [-0.2, 0) is 13.0 Å². The molecule has 3 nitrogen and oxygen atoms in total. The van der Waals surface area contributed by atoms with Gasteiger partial charge in [-0.2, -0.15) is 0 Å². The molecule has 158 valence electrons. The molecule has 2 aliphatic rings. The predicted molar refractivity (Wildman–Crippen MR) is 126 cm³/mol. The van der Waals surface area contributed by atoms with Gasteiger partial charge in [-0.05, 0) is 67.3 Å². The molecular weight excluding hydrogens is 387 g/mol. The zero-order chi connectivity index (χ0) is 21.8. The van der Waals surface area contributed by atoms with Crippen molar-refractivity contribution in [1.29, 1.82) is 0 Å². The van der Waals surface area contributed by atoms with Gasteiger partial charge >= 0.3 is 0 Å². The van der Waals surface area contributed by atoms with E-state index < -0.39 is 0 Å². The van der Waals surface area contributed by atoms with Crippen molar-refractivity contribution in [3.05, 3.63) is 83.2 Å². The number of nitrogens with zero attached hydrogens (tertiary/aromatic N) is 1. The van der Waals surface area contributed by atoms with Crippen LogP contribution in [0.15, 0.2) is 60.7 Å². The number of hydrogen-bond donors (Lipinski definition) is 1. The van der Waals surface area contributed by atoms with Gasteiger partial charge in [0.15, 0.2) is 0 Å². The number of aryl methyl sites for hydroxylation is 1. The maximum atomic E-state index is 13.9. The molecular formula is C27H27FN2O. The Balaban J connectivity index is 1.74. The Morgan fingerprint density at radius 1 is 1.06 bits per heavy atom. The number of rotatable bonds is 4. The standard InChI is InChI=1S/C27H27FN2O/c1-5-17-8-6-7-9-23(17)30-16-21-19(20-11-10-18(28)14-25(20)31-4)12-13-22-26(21)24(30)15-27(2,3)29-22/h6-15,29H,5,16H2,1-4H3. The van der Waals surface area contributed by atoms with E-state index in [0.717, 1.165) is 29.8 Å². The Morgan fingerprint density at radius 3 is 2.61 bits per heavy atom. The number of nitrogens with one attached hydrogen (secondary N) is 1. The van der Waals surface area contributed by atoms with Crippen LogP contribution in [0.1, 0.15) is 37.5 Å². The minimum atomic E-state index is -0.294. The van der Waals surface area contributed by atoms with Crippen LogP contribution in [0.5, 0.6) is 5.75 Å². The zero-order valence-corrected chi connectivity index (χ0v) is 18.4. The second-order valence-corrected chi connectivity index (χ2v) is 8.80. The van der Waals surface area contributed by atoms with E-state index in [-0.39, 0.29) is 11.4 Å². The van der Waals surface area contributed by atoms with Crippen LogP contribution < -0.4 is 15.0 Å². The van der Waals surface area contributed by atoms with Gasteiger partial charge in [-0.25, -0.2) is 4.39 Å². The Bertz CT molecular complexity index is 1210. The average Bonchev–Trinajstić information content (AvgIpc) is 3.13. The summed E-state index contributed by atoms with van der Waals surface area (Å²) in [6.45, 7) is 7.35. The number of para-hydroxylation sites is 1. The number of halogens is 1. The van der Waals surface area contributed by atoms with E-state index >= 15 is 0 Å². The number of methoxy groups -OCH3 is 1. The molecule has 0 bridgehead atoms. The van der Waals surface area contributed by atoms with Gasteiger partial charge in [-0.15, -0.1) is 0 Å². The summed E-state index contributed by atoms with van der Waals surface area (Å²) < 4.78 is 19.4. The molecule has 0 saturated carbocycles. The maximum absolute atomic E-state index is 13.9. The number of ether oxygens (including phenoxy) is 1. The van der Waals surface area contributed by atoms with Gasteiger partial charge in [0.05, 0.1) is 12.6 Å². The monoisotopic (exact) mass is 414 g/mol. The summed E-state index contributed by atoms with van der Waals surface area (Å²) in [7, 11) is 1.59. The third-order valence-corrected chi connectivity index (χ3v) is 6.25. The van der Waals surface area contributed by atoms with Crippen molar-refractivity contribution in [3.8, 4) is 16.9 Å². The van der Waals surface area contributed by atoms with Gasteiger partial charge in [0.25, 0.3) is 0 Å². The Morgan fingerprint density at radius 2 is 1.84 bits per heavy atom. The highest BCUT2D eigenvalue weighted by atomic mass is 19.1. The molecule has 0 fully saturated rings. The first-order valence-corrected chi connectivity index (χ1v) is 10.8. The molecule has 0 saturated heterocycles. The van der Waals surface area contributed by atoms with Crippen molar-refractivity contribution < 1.29 is 9.13 Å². The van der Waals surface area contributed by atoms with Crippen molar-refractivity contribution in [2.45, 2.75) is 39.3 Å². The summed E-state index contributed by atoms with van der Waals surface area (Å²) in [5.41, 5.74) is 9.26. The minimum absolute atomic E-state index is 0.154. The van der Waals surface area contributed by atoms with Gasteiger partial charge in [-0.3, -0.25) is 0 Å². The summed E-state index contributed by atoms with van der Waals surface area (Å²) in [5, 5.41) is 3.67. The number of anilines is 2. The smallest absolute Gasteiger partial charge is 0.129 e. The lowest BCUT2D eigenvalue weighted by Gasteiger charge is -2.34. The van der Waals surface area contributed by atoms with E-state index in [2.05, 4.69) is 73.5 Å². The second-order valence-electron chi connectivity index (χ2n) is 8.80. The highest BCUT2D eigenvalue weighted by molar-refractivity contribution is 5.97. The van der Waals surface area contributed by atoms with E-state index in [4.69, 9.17) is 4.74 Å². The van der Waals surface area contributed by atoms with Gasteiger partial charge in [0.2, 0.25) is 0 Å². The molecule has 2 heterocycles. The van der Waals surface area contributed by atoms with Crippen LogP contribution in [0.4, 0.5) is 15.8 Å². The molecule has 0 radical (unpaired) electrons. The zero-order valence-electron chi connectivity index (χ0n) is 18.4. The number of benzene rings is 3. The maximum Gasteiger partial charge on any atom is 0.129 e. The number of hydrogen-bond acceptors (Lipinski definition) is 3. The molecule has 3 aromatic carbocycles. The van der Waals surface area contributed by atoms with Gasteiger partial charge in [0.1, 0.15) is 11.6 Å². The molecule has 1 N–H and O–H groups in total. The first-order chi connectivity index (χ1) is 14.9. The fourth-order valence-electron chi connectivity index (χ4n) is 4.89. The summed E-state index contributed by atoms with van der Waals surface area (Å²) in [5.74, 6) is 0.260. The normalized spacial score (nSPS) is 15.9. The Labute approximate surface area is 183 Å². The lowest BCUT2D eigenvalue weighted by Crippen LogP contribution is -2.33. The van der Waals surface area contributed by atoms with Crippen LogP contribution in [0.2, 0.25) is 0 Å². The molecule has 2 aliphatic heterocycles. The van der Waals surface area contributed by atoms with Crippen molar-refractivity contribution in [1.82, 2.24) is 0 Å². The van der Waals surface area contributed by atoms with E-state index in [1.807, 2.05) is 6.07 Å². The highest BCUT2D eigenvalue weighted by Crippen LogP contribution is 2.50. The van der Waals surface area contributed by atoms with Crippen LogP contribution in [0, 0.1) is 5.82 Å². The molecule has 0 aromatic heterocycles. The third-order valence-electron chi connectivity index (χ3n) is 6.25. The SMILES string of the molecule is CCc1ccccc1N1Cc2c(-c3ccc(F)cc3OC)ccc3c2C1=CC(C)(C)N3. The molecule has 0 unspecified atom stereocenters. The van der Waals surface area contributed by atoms with Crippen molar-refractivity contribution in [3.63, 3.8) is 0 Å². The molecule has 31 heavy (non-hydrogen) atoms. The fourth-order valence-corrected chi connectivity index (χ4v) is 4.89. The quantitative estimate of drug-likeness (QED) is 0.519. The molecule has 0 atom stereocenters. The first-order valence-electron chi connectivity index (χ1n) is 10.8. The van der Waals surface area contributed by atoms with Gasteiger partial charge in [0, 0.05) is 40.8 Å². The fraction of sp³-hybridized carbons (Fsp3) is 0.259. The van der Waals surface area contributed by atoms with Crippen molar-refractivity contribution in [2.75, 3.05) is 17.3 Å². The van der Waals surface area contributed by atoms with Crippen molar-refractivity contribution in [2.24, 2.45) is 0 Å².